The zero-order chi connectivity index (χ0) is 27.0. The zero-order valence-electron chi connectivity index (χ0n) is 20.2. The molecule has 0 aliphatic rings. The molecule has 0 bridgehead atoms. The molecule has 0 unspecified atom stereocenters. The summed E-state index contributed by atoms with van der Waals surface area (Å²) >= 11 is 17.3. The minimum atomic E-state index is -0.535. The summed E-state index contributed by atoms with van der Waals surface area (Å²) in [5.41, 5.74) is 4.02. The Labute approximate surface area is 233 Å². The number of thiocarbonyl (C=S) groups is 1. The standard InChI is InChI=1S/C28H21Cl2N3O4S/c1-14(2)15-4-8-24-21(12-15)32-27(37-24)18-13-17(5-7-22(18)34)31-28(38)33-26(35)25-10-9-23(36-25)16-3-6-19(29)20(30)11-16/h3-14,34H,1-2H3,(H2,31,33,35,38). The van der Waals surface area contributed by atoms with Crippen LogP contribution in [0, 0.1) is 0 Å². The second kappa shape index (κ2) is 10.5. The van der Waals surface area contributed by atoms with Crippen molar-refractivity contribution in [1.82, 2.24) is 10.3 Å². The number of phenols is 1. The number of hydrogen-bond acceptors (Lipinski definition) is 6. The molecule has 7 nitrogen and oxygen atoms in total. The lowest BCUT2D eigenvalue weighted by molar-refractivity contribution is 0.0951. The van der Waals surface area contributed by atoms with E-state index in [0.717, 1.165) is 5.56 Å². The van der Waals surface area contributed by atoms with Crippen molar-refractivity contribution in [3.63, 3.8) is 0 Å². The monoisotopic (exact) mass is 565 g/mol. The highest BCUT2D eigenvalue weighted by Gasteiger charge is 2.17. The molecule has 0 saturated heterocycles. The van der Waals surface area contributed by atoms with Crippen LogP contribution in [-0.2, 0) is 0 Å². The smallest absolute Gasteiger partial charge is 0.293 e. The number of benzene rings is 3. The number of nitrogens with zero attached hydrogens (tertiary/aromatic N) is 1. The second-order valence-corrected chi connectivity index (χ2v) is 10.1. The maximum absolute atomic E-state index is 12.7. The molecular formula is C28H21Cl2N3O4S. The molecule has 0 spiro atoms. The maximum atomic E-state index is 12.7. The van der Waals surface area contributed by atoms with Crippen LogP contribution in [0.4, 0.5) is 5.69 Å². The van der Waals surface area contributed by atoms with Gasteiger partial charge in [-0.05, 0) is 84.4 Å². The minimum Gasteiger partial charge on any atom is -0.507 e. The van der Waals surface area contributed by atoms with Gasteiger partial charge in [0.15, 0.2) is 16.5 Å². The number of fused-ring (bicyclic) bond motifs is 1. The van der Waals surface area contributed by atoms with E-state index in [1.54, 1.807) is 36.4 Å². The molecule has 0 atom stereocenters. The molecule has 3 aromatic carbocycles. The van der Waals surface area contributed by atoms with Gasteiger partial charge in [0.05, 0.1) is 15.6 Å². The molecule has 2 aromatic heterocycles. The van der Waals surface area contributed by atoms with Gasteiger partial charge in [-0.3, -0.25) is 10.1 Å². The van der Waals surface area contributed by atoms with Gasteiger partial charge in [-0.2, -0.15) is 0 Å². The quantitative estimate of drug-likeness (QED) is 0.146. The van der Waals surface area contributed by atoms with Crippen molar-refractivity contribution in [2.75, 3.05) is 5.32 Å². The van der Waals surface area contributed by atoms with Crippen LogP contribution >= 0.6 is 35.4 Å². The Hall–Kier alpha value is -3.85. The van der Waals surface area contributed by atoms with Crippen LogP contribution in [0.3, 0.4) is 0 Å². The van der Waals surface area contributed by atoms with E-state index in [-0.39, 0.29) is 22.5 Å². The van der Waals surface area contributed by atoms with Gasteiger partial charge in [0.2, 0.25) is 5.89 Å². The molecule has 38 heavy (non-hydrogen) atoms. The number of carbonyl (C=O) groups is 1. The van der Waals surface area contributed by atoms with Gasteiger partial charge in [0, 0.05) is 11.3 Å². The number of aromatic nitrogens is 1. The van der Waals surface area contributed by atoms with Gasteiger partial charge < -0.3 is 19.3 Å². The first kappa shape index (κ1) is 25.8. The number of aromatic hydroxyl groups is 1. The van der Waals surface area contributed by atoms with Crippen LogP contribution in [0.1, 0.15) is 35.9 Å². The fraction of sp³-hybridized carbons (Fsp3) is 0.107. The molecule has 0 radical (unpaired) electrons. The average molecular weight is 566 g/mol. The Morgan fingerprint density at radius 2 is 1.79 bits per heavy atom. The summed E-state index contributed by atoms with van der Waals surface area (Å²) < 4.78 is 11.5. The SMILES string of the molecule is CC(C)c1ccc2oc(-c3cc(NC(=S)NC(=O)c4ccc(-c5ccc(Cl)c(Cl)c5)o4)ccc3O)nc2c1. The highest BCUT2D eigenvalue weighted by atomic mass is 35.5. The topological polar surface area (TPSA) is 101 Å². The highest BCUT2D eigenvalue weighted by Crippen LogP contribution is 2.34. The summed E-state index contributed by atoms with van der Waals surface area (Å²) in [4.78, 5) is 17.2. The van der Waals surface area contributed by atoms with Gasteiger partial charge in [-0.25, -0.2) is 4.98 Å². The minimum absolute atomic E-state index is 0.00781. The number of nitrogens with one attached hydrogen (secondary N) is 2. The van der Waals surface area contributed by atoms with E-state index in [0.29, 0.717) is 49.6 Å². The van der Waals surface area contributed by atoms with Gasteiger partial charge in [0.1, 0.15) is 17.0 Å². The lowest BCUT2D eigenvalue weighted by Gasteiger charge is -2.10. The first-order chi connectivity index (χ1) is 18.2. The first-order valence-electron chi connectivity index (χ1n) is 11.6. The normalized spacial score (nSPS) is 11.2. The van der Waals surface area contributed by atoms with Crippen LogP contribution in [0.15, 0.2) is 75.6 Å². The third-order valence-corrected chi connectivity index (χ3v) is 6.77. The molecule has 5 aromatic rings. The van der Waals surface area contributed by atoms with E-state index in [9.17, 15) is 9.90 Å². The molecule has 10 heteroatoms. The zero-order valence-corrected chi connectivity index (χ0v) is 22.5. The van der Waals surface area contributed by atoms with Crippen LogP contribution in [-0.4, -0.2) is 21.1 Å². The third kappa shape index (κ3) is 5.38. The van der Waals surface area contributed by atoms with Crippen LogP contribution in [0.25, 0.3) is 33.9 Å². The number of oxazole rings is 1. The van der Waals surface area contributed by atoms with Crippen molar-refractivity contribution < 1.29 is 18.7 Å². The molecule has 3 N–H and O–H groups in total. The summed E-state index contributed by atoms with van der Waals surface area (Å²) in [6.45, 7) is 4.20. The van der Waals surface area contributed by atoms with Crippen LogP contribution < -0.4 is 10.6 Å². The number of carbonyl (C=O) groups excluding carboxylic acids is 1. The van der Waals surface area contributed by atoms with Gasteiger partial charge in [-0.1, -0.05) is 43.1 Å². The number of phenolic OH excluding ortho intramolecular Hbond substituents is 1. The van der Waals surface area contributed by atoms with E-state index in [1.807, 2.05) is 18.2 Å². The summed E-state index contributed by atoms with van der Waals surface area (Å²) in [6, 6.07) is 18.8. The van der Waals surface area contributed by atoms with Crippen LogP contribution in [0.5, 0.6) is 5.75 Å². The van der Waals surface area contributed by atoms with Crippen molar-refractivity contribution in [2.45, 2.75) is 19.8 Å². The van der Waals surface area contributed by atoms with Gasteiger partial charge in [0.25, 0.3) is 5.91 Å². The molecule has 2 heterocycles. The Kier molecular flexibility index (Phi) is 7.12. The van der Waals surface area contributed by atoms with Crippen molar-refractivity contribution in [3.8, 4) is 28.5 Å². The summed E-state index contributed by atoms with van der Waals surface area (Å²) in [5.74, 6) is 0.589. The Balaban J connectivity index is 1.29. The molecule has 5 rings (SSSR count). The second-order valence-electron chi connectivity index (χ2n) is 8.83. The molecule has 0 aliphatic carbocycles. The predicted molar refractivity (Wildman–Crippen MR) is 153 cm³/mol. The number of hydrogen-bond donors (Lipinski definition) is 3. The van der Waals surface area contributed by atoms with Crippen molar-refractivity contribution in [1.29, 1.82) is 0 Å². The predicted octanol–water partition coefficient (Wildman–Crippen LogP) is 8.02. The van der Waals surface area contributed by atoms with Crippen molar-refractivity contribution >= 4 is 63.2 Å². The number of anilines is 1. The first-order valence-corrected chi connectivity index (χ1v) is 12.8. The summed E-state index contributed by atoms with van der Waals surface area (Å²) in [5, 5.41) is 16.8. The summed E-state index contributed by atoms with van der Waals surface area (Å²) in [7, 11) is 0. The number of furan rings is 1. The number of rotatable bonds is 5. The van der Waals surface area contributed by atoms with E-state index in [1.165, 1.54) is 12.1 Å². The van der Waals surface area contributed by atoms with E-state index < -0.39 is 5.91 Å². The molecule has 0 aliphatic heterocycles. The Morgan fingerprint density at radius 3 is 2.55 bits per heavy atom. The average Bonchev–Trinajstić information content (AvgIpc) is 3.54. The van der Waals surface area contributed by atoms with E-state index in [4.69, 9.17) is 44.3 Å². The fourth-order valence-corrected chi connectivity index (χ4v) is 4.30. The molecule has 0 saturated carbocycles. The lowest BCUT2D eigenvalue weighted by atomic mass is 10.0. The maximum Gasteiger partial charge on any atom is 0.293 e. The largest absolute Gasteiger partial charge is 0.507 e. The number of amides is 1. The van der Waals surface area contributed by atoms with Crippen molar-refractivity contribution in [3.05, 3.63) is 88.1 Å². The van der Waals surface area contributed by atoms with Gasteiger partial charge in [-0.15, -0.1) is 0 Å². The summed E-state index contributed by atoms with van der Waals surface area (Å²) in [6.07, 6.45) is 0. The van der Waals surface area contributed by atoms with Crippen LogP contribution in [0.2, 0.25) is 10.0 Å². The molecule has 192 valence electrons. The van der Waals surface area contributed by atoms with Crippen molar-refractivity contribution in [2.24, 2.45) is 0 Å². The highest BCUT2D eigenvalue weighted by molar-refractivity contribution is 7.80. The lowest BCUT2D eigenvalue weighted by Crippen LogP contribution is -2.33. The van der Waals surface area contributed by atoms with Gasteiger partial charge >= 0.3 is 0 Å². The fourth-order valence-electron chi connectivity index (χ4n) is 3.80. The molecule has 0 fully saturated rings. The Morgan fingerprint density at radius 1 is 0.974 bits per heavy atom. The molecule has 1 amide bonds. The van der Waals surface area contributed by atoms with E-state index in [2.05, 4.69) is 29.5 Å². The molecular weight excluding hydrogens is 545 g/mol. The van der Waals surface area contributed by atoms with E-state index >= 15 is 0 Å². The Bertz CT molecular complexity index is 1690. The third-order valence-electron chi connectivity index (χ3n) is 5.82. The number of halogens is 2.